The molecule has 1 heterocycles. The summed E-state index contributed by atoms with van der Waals surface area (Å²) < 4.78 is 55.0. The third-order valence-corrected chi connectivity index (χ3v) is 4.34. The molecule has 0 aliphatic heterocycles. The van der Waals surface area contributed by atoms with Crippen molar-refractivity contribution in [1.82, 2.24) is 4.57 Å². The number of hydrogen-bond acceptors (Lipinski definition) is 1. The minimum Gasteiger partial charge on any atom is -0.332 e. The van der Waals surface area contributed by atoms with Gasteiger partial charge in [0.05, 0.1) is 11.1 Å². The molecule has 0 saturated heterocycles. The molecular formula is C17H13BrF4N2O. The summed E-state index contributed by atoms with van der Waals surface area (Å²) >= 11 is 3.33. The topological polar surface area (TPSA) is 34.4 Å². The third kappa shape index (κ3) is 4.18. The maximum atomic E-state index is 14.1. The quantitative estimate of drug-likeness (QED) is 0.675. The van der Waals surface area contributed by atoms with Crippen molar-refractivity contribution >= 4 is 21.8 Å². The monoisotopic (exact) mass is 416 g/mol. The van der Waals surface area contributed by atoms with Crippen LogP contribution in [0.15, 0.2) is 46.0 Å². The highest BCUT2D eigenvalue weighted by Gasteiger charge is 2.35. The molecule has 3 nitrogen and oxygen atoms in total. The average molecular weight is 417 g/mol. The highest BCUT2D eigenvalue weighted by molar-refractivity contribution is 9.10. The van der Waals surface area contributed by atoms with Gasteiger partial charge < -0.3 is 4.57 Å². The molecule has 1 aliphatic rings. The molecular weight excluding hydrogens is 404 g/mol. The second kappa shape index (κ2) is 6.74. The largest absolute Gasteiger partial charge is 0.419 e. The zero-order valence-corrected chi connectivity index (χ0v) is 14.4. The molecule has 8 heteroatoms. The Labute approximate surface area is 149 Å². The smallest absolute Gasteiger partial charge is 0.332 e. The Bertz CT molecular complexity index is 885. The second-order valence-corrected chi connectivity index (χ2v) is 6.80. The predicted octanol–water partition coefficient (Wildman–Crippen LogP) is 4.56. The highest BCUT2D eigenvalue weighted by Crippen LogP contribution is 2.32. The van der Waals surface area contributed by atoms with Gasteiger partial charge in [-0.15, -0.1) is 0 Å². The van der Waals surface area contributed by atoms with Gasteiger partial charge >= 0.3 is 6.18 Å². The summed E-state index contributed by atoms with van der Waals surface area (Å²) in [4.78, 5) is 16.1. The maximum Gasteiger partial charge on any atom is 0.419 e. The van der Waals surface area contributed by atoms with Crippen LogP contribution in [0.1, 0.15) is 28.8 Å². The van der Waals surface area contributed by atoms with Crippen molar-refractivity contribution < 1.29 is 22.4 Å². The van der Waals surface area contributed by atoms with Crippen LogP contribution in [0.4, 0.5) is 17.6 Å². The number of carbonyl (C=O) groups is 1. The summed E-state index contributed by atoms with van der Waals surface area (Å²) in [5.41, 5.74) is -1.90. The number of rotatable bonds is 3. The van der Waals surface area contributed by atoms with Gasteiger partial charge in [-0.25, -0.2) is 4.39 Å². The number of benzene rings is 1. The molecule has 2 aromatic rings. The molecule has 0 atom stereocenters. The molecule has 0 bridgehead atoms. The van der Waals surface area contributed by atoms with Crippen LogP contribution in [0, 0.1) is 11.7 Å². The number of alkyl halides is 3. The first kappa shape index (κ1) is 17.8. The van der Waals surface area contributed by atoms with Gasteiger partial charge in [0.15, 0.2) is 0 Å². The molecule has 0 N–H and O–H groups in total. The van der Waals surface area contributed by atoms with Crippen molar-refractivity contribution in [3.63, 3.8) is 0 Å². The minimum atomic E-state index is -4.87. The van der Waals surface area contributed by atoms with Crippen LogP contribution in [0.25, 0.3) is 0 Å². The van der Waals surface area contributed by atoms with E-state index in [2.05, 4.69) is 20.9 Å². The van der Waals surface area contributed by atoms with E-state index in [0.717, 1.165) is 29.4 Å². The lowest BCUT2D eigenvalue weighted by atomic mass is 10.1. The SMILES string of the molecule is O=C(N=c1ccc(Br)cn1CC1CC1)c1cccc(C(F)(F)F)c1F. The van der Waals surface area contributed by atoms with Crippen molar-refractivity contribution in [1.29, 1.82) is 0 Å². The average Bonchev–Trinajstić information content (AvgIpc) is 3.33. The van der Waals surface area contributed by atoms with E-state index >= 15 is 0 Å². The molecule has 3 rings (SSSR count). The van der Waals surface area contributed by atoms with Crippen molar-refractivity contribution in [3.05, 3.63) is 63.4 Å². The van der Waals surface area contributed by atoms with E-state index in [1.807, 2.05) is 0 Å². The Morgan fingerprint density at radius 2 is 1.96 bits per heavy atom. The van der Waals surface area contributed by atoms with E-state index in [1.54, 1.807) is 22.9 Å². The fraction of sp³-hybridized carbons (Fsp3) is 0.294. The van der Waals surface area contributed by atoms with Crippen molar-refractivity contribution in [2.45, 2.75) is 25.6 Å². The van der Waals surface area contributed by atoms with Crippen LogP contribution < -0.4 is 5.49 Å². The summed E-state index contributed by atoms with van der Waals surface area (Å²) in [6.07, 6.45) is -0.971. The van der Waals surface area contributed by atoms with Gasteiger partial charge in [0.25, 0.3) is 5.91 Å². The van der Waals surface area contributed by atoms with E-state index in [0.29, 0.717) is 18.5 Å². The van der Waals surface area contributed by atoms with Gasteiger partial charge in [0.1, 0.15) is 11.3 Å². The fourth-order valence-electron chi connectivity index (χ4n) is 2.41. The van der Waals surface area contributed by atoms with Crippen LogP contribution in [-0.2, 0) is 12.7 Å². The zero-order chi connectivity index (χ0) is 18.2. The van der Waals surface area contributed by atoms with Crippen LogP contribution in [0.5, 0.6) is 0 Å². The van der Waals surface area contributed by atoms with E-state index in [4.69, 9.17) is 0 Å². The molecule has 1 fully saturated rings. The van der Waals surface area contributed by atoms with Gasteiger partial charge in [-0.3, -0.25) is 4.79 Å². The number of pyridine rings is 1. The molecule has 0 radical (unpaired) electrons. The van der Waals surface area contributed by atoms with E-state index in [1.165, 1.54) is 0 Å². The zero-order valence-electron chi connectivity index (χ0n) is 12.9. The van der Waals surface area contributed by atoms with E-state index < -0.39 is 29.0 Å². The van der Waals surface area contributed by atoms with Gasteiger partial charge in [0.2, 0.25) is 0 Å². The van der Waals surface area contributed by atoms with Crippen LogP contribution in [0.2, 0.25) is 0 Å². The summed E-state index contributed by atoms with van der Waals surface area (Å²) in [5.74, 6) is -2.15. The lowest BCUT2D eigenvalue weighted by Gasteiger charge is -2.10. The van der Waals surface area contributed by atoms with E-state index in [-0.39, 0.29) is 5.49 Å². The molecule has 0 spiro atoms. The van der Waals surface area contributed by atoms with Crippen molar-refractivity contribution in [2.24, 2.45) is 10.9 Å². The first-order valence-electron chi connectivity index (χ1n) is 7.56. The van der Waals surface area contributed by atoms with Gasteiger partial charge in [-0.05, 0) is 59.0 Å². The Hall–Kier alpha value is -1.96. The molecule has 1 amide bonds. The fourth-order valence-corrected chi connectivity index (χ4v) is 2.79. The number of carbonyl (C=O) groups excluding carboxylic acids is 1. The minimum absolute atomic E-state index is 0.275. The first-order chi connectivity index (χ1) is 11.8. The van der Waals surface area contributed by atoms with E-state index in [9.17, 15) is 22.4 Å². The van der Waals surface area contributed by atoms with Crippen molar-refractivity contribution in [2.75, 3.05) is 0 Å². The molecule has 132 valence electrons. The summed E-state index contributed by atoms with van der Waals surface area (Å²) in [6.45, 7) is 0.649. The van der Waals surface area contributed by atoms with Gasteiger partial charge in [-0.2, -0.15) is 18.2 Å². The molecule has 0 unspecified atom stereocenters. The summed E-state index contributed by atoms with van der Waals surface area (Å²) in [7, 11) is 0. The molecule has 1 aromatic heterocycles. The number of hydrogen-bond donors (Lipinski definition) is 0. The van der Waals surface area contributed by atoms with Crippen LogP contribution in [0.3, 0.4) is 0 Å². The number of amides is 1. The van der Waals surface area contributed by atoms with Crippen LogP contribution >= 0.6 is 15.9 Å². The number of aromatic nitrogens is 1. The lowest BCUT2D eigenvalue weighted by molar-refractivity contribution is -0.140. The lowest BCUT2D eigenvalue weighted by Crippen LogP contribution is -2.23. The summed E-state index contributed by atoms with van der Waals surface area (Å²) in [6, 6.07) is 5.82. The molecule has 1 saturated carbocycles. The molecule has 1 aromatic carbocycles. The standard InChI is InChI=1S/C17H13BrF4N2O/c18-11-6-7-14(24(9-11)8-10-4-5-10)23-16(25)12-2-1-3-13(15(12)19)17(20,21)22/h1-3,6-7,9-10H,4-5,8H2. The highest BCUT2D eigenvalue weighted by atomic mass is 79.9. The second-order valence-electron chi connectivity index (χ2n) is 5.88. The Kier molecular flexibility index (Phi) is 4.81. The molecule has 1 aliphatic carbocycles. The Morgan fingerprint density at radius 1 is 1.24 bits per heavy atom. The third-order valence-electron chi connectivity index (χ3n) is 3.87. The predicted molar refractivity (Wildman–Crippen MR) is 86.2 cm³/mol. The normalized spacial score (nSPS) is 15.5. The van der Waals surface area contributed by atoms with Gasteiger partial charge in [0, 0.05) is 17.2 Å². The number of nitrogens with zero attached hydrogens (tertiary/aromatic N) is 2. The Balaban J connectivity index is 2.01. The maximum absolute atomic E-state index is 14.1. The Morgan fingerprint density at radius 3 is 2.60 bits per heavy atom. The van der Waals surface area contributed by atoms with Gasteiger partial charge in [-0.1, -0.05) is 6.07 Å². The molecule has 25 heavy (non-hydrogen) atoms. The van der Waals surface area contributed by atoms with Crippen LogP contribution in [-0.4, -0.2) is 10.5 Å². The first-order valence-corrected chi connectivity index (χ1v) is 8.36. The number of halogens is 5. The summed E-state index contributed by atoms with van der Waals surface area (Å²) in [5, 5.41) is 0. The van der Waals surface area contributed by atoms with Crippen molar-refractivity contribution in [3.8, 4) is 0 Å².